The number of alkyl carbamates (subject to hydrolysis) is 1. The van der Waals surface area contributed by atoms with Crippen LogP contribution in [-0.2, 0) is 4.74 Å². The van der Waals surface area contributed by atoms with Gasteiger partial charge in [-0.15, -0.1) is 0 Å². The second kappa shape index (κ2) is 8.41. The average Bonchev–Trinajstić information content (AvgIpc) is 2.20. The van der Waals surface area contributed by atoms with Crippen molar-refractivity contribution in [2.45, 2.75) is 79.0 Å². The van der Waals surface area contributed by atoms with Crippen molar-refractivity contribution in [3.8, 4) is 0 Å². The highest BCUT2D eigenvalue weighted by molar-refractivity contribution is 5.68. The third-order valence-corrected chi connectivity index (χ3v) is 2.71. The predicted octanol–water partition coefficient (Wildman–Crippen LogP) is 3.31. The van der Waals surface area contributed by atoms with E-state index in [2.05, 4.69) is 31.4 Å². The minimum atomic E-state index is -0.443. The first kappa shape index (κ1) is 18.2. The molecule has 0 saturated heterocycles. The van der Waals surface area contributed by atoms with Gasteiger partial charge in [0, 0.05) is 18.6 Å². The fourth-order valence-electron chi connectivity index (χ4n) is 1.62. The van der Waals surface area contributed by atoms with Gasteiger partial charge in [-0.05, 0) is 53.4 Å². The summed E-state index contributed by atoms with van der Waals surface area (Å²) in [5.41, 5.74) is -0.443. The van der Waals surface area contributed by atoms with Crippen LogP contribution in [0.4, 0.5) is 4.79 Å². The second-order valence-electron chi connectivity index (χ2n) is 6.83. The van der Waals surface area contributed by atoms with Crippen LogP contribution < -0.4 is 10.6 Å². The molecule has 0 fully saturated rings. The molecule has 0 radical (unpaired) electrons. The van der Waals surface area contributed by atoms with Crippen molar-refractivity contribution in [2.24, 2.45) is 5.92 Å². The van der Waals surface area contributed by atoms with E-state index in [4.69, 9.17) is 4.74 Å². The Bertz CT molecular complexity index is 259. The molecule has 0 saturated carbocycles. The van der Waals surface area contributed by atoms with Crippen LogP contribution in [0.15, 0.2) is 0 Å². The summed E-state index contributed by atoms with van der Waals surface area (Å²) in [5.74, 6) is 0.738. The summed E-state index contributed by atoms with van der Waals surface area (Å²) in [6.45, 7) is 15.0. The predicted molar refractivity (Wildman–Crippen MR) is 80.4 cm³/mol. The lowest BCUT2D eigenvalue weighted by molar-refractivity contribution is 0.0507. The number of hydrogen-bond donors (Lipinski definition) is 2. The molecule has 0 aromatic carbocycles. The molecule has 4 heteroatoms. The van der Waals surface area contributed by atoms with E-state index in [0.717, 1.165) is 18.9 Å². The number of carbonyl (C=O) groups excluding carboxylic acids is 1. The molecular formula is C15H32N2O2. The highest BCUT2D eigenvalue weighted by Crippen LogP contribution is 2.07. The molecule has 0 bridgehead atoms. The molecule has 0 heterocycles. The van der Waals surface area contributed by atoms with E-state index in [9.17, 15) is 4.79 Å². The Kier molecular flexibility index (Phi) is 8.07. The molecule has 0 spiro atoms. The summed E-state index contributed by atoms with van der Waals surface area (Å²) in [7, 11) is 0. The van der Waals surface area contributed by atoms with Crippen LogP contribution in [0.2, 0.25) is 0 Å². The molecule has 4 nitrogen and oxygen atoms in total. The van der Waals surface area contributed by atoms with Gasteiger partial charge in [-0.1, -0.05) is 13.8 Å². The highest BCUT2D eigenvalue weighted by Gasteiger charge is 2.17. The largest absolute Gasteiger partial charge is 0.444 e. The van der Waals surface area contributed by atoms with Crippen LogP contribution in [0.3, 0.4) is 0 Å². The Morgan fingerprint density at radius 1 is 1.05 bits per heavy atom. The van der Waals surface area contributed by atoms with Gasteiger partial charge in [-0.25, -0.2) is 4.79 Å². The molecule has 19 heavy (non-hydrogen) atoms. The highest BCUT2D eigenvalue weighted by atomic mass is 16.6. The smallest absolute Gasteiger partial charge is 0.407 e. The maximum Gasteiger partial charge on any atom is 0.407 e. The van der Waals surface area contributed by atoms with Crippen LogP contribution in [0.25, 0.3) is 0 Å². The minimum absolute atomic E-state index is 0.0661. The summed E-state index contributed by atoms with van der Waals surface area (Å²) in [5, 5.41) is 6.27. The lowest BCUT2D eigenvalue weighted by Gasteiger charge is -2.23. The van der Waals surface area contributed by atoms with Crippen molar-refractivity contribution in [1.29, 1.82) is 0 Å². The van der Waals surface area contributed by atoms with Crippen LogP contribution in [0.1, 0.15) is 61.3 Å². The first-order chi connectivity index (χ1) is 8.60. The van der Waals surface area contributed by atoms with Gasteiger partial charge < -0.3 is 15.4 Å². The Labute approximate surface area is 118 Å². The maximum atomic E-state index is 11.6. The zero-order chi connectivity index (χ0) is 15.1. The van der Waals surface area contributed by atoms with Gasteiger partial charge in [0.2, 0.25) is 0 Å². The van der Waals surface area contributed by atoms with E-state index in [1.165, 1.54) is 6.42 Å². The zero-order valence-electron chi connectivity index (χ0n) is 13.7. The van der Waals surface area contributed by atoms with Crippen molar-refractivity contribution in [2.75, 3.05) is 6.54 Å². The number of hydrogen-bond acceptors (Lipinski definition) is 3. The van der Waals surface area contributed by atoms with Gasteiger partial charge in [-0.2, -0.15) is 0 Å². The SMILES string of the molecule is CC(C)CCC(C)NCC(C)NC(=O)OC(C)(C)C. The molecule has 2 unspecified atom stereocenters. The van der Waals surface area contributed by atoms with Gasteiger partial charge in [0.15, 0.2) is 0 Å². The van der Waals surface area contributed by atoms with E-state index in [1.54, 1.807) is 0 Å². The molecular weight excluding hydrogens is 240 g/mol. The minimum Gasteiger partial charge on any atom is -0.444 e. The Morgan fingerprint density at radius 2 is 1.63 bits per heavy atom. The van der Waals surface area contributed by atoms with E-state index in [1.807, 2.05) is 27.7 Å². The van der Waals surface area contributed by atoms with Gasteiger partial charge in [0.25, 0.3) is 0 Å². The summed E-state index contributed by atoms with van der Waals surface area (Å²) < 4.78 is 5.22. The normalized spacial score (nSPS) is 15.2. The molecule has 0 aromatic rings. The summed E-state index contributed by atoms with van der Waals surface area (Å²) in [4.78, 5) is 11.6. The van der Waals surface area contributed by atoms with Gasteiger partial charge in [0.05, 0.1) is 0 Å². The Balaban J connectivity index is 3.80. The first-order valence-corrected chi connectivity index (χ1v) is 7.33. The maximum absolute atomic E-state index is 11.6. The summed E-state index contributed by atoms with van der Waals surface area (Å²) >= 11 is 0. The van der Waals surface area contributed by atoms with E-state index >= 15 is 0 Å². The molecule has 0 rings (SSSR count). The summed E-state index contributed by atoms with van der Waals surface area (Å²) in [6, 6.07) is 0.543. The van der Waals surface area contributed by atoms with E-state index in [-0.39, 0.29) is 12.1 Å². The van der Waals surface area contributed by atoms with Gasteiger partial charge in [0.1, 0.15) is 5.60 Å². The quantitative estimate of drug-likeness (QED) is 0.747. The van der Waals surface area contributed by atoms with Crippen LogP contribution in [0, 0.1) is 5.92 Å². The van der Waals surface area contributed by atoms with Crippen molar-refractivity contribution < 1.29 is 9.53 Å². The average molecular weight is 272 g/mol. The monoisotopic (exact) mass is 272 g/mol. The third kappa shape index (κ3) is 12.0. The molecule has 114 valence electrons. The lowest BCUT2D eigenvalue weighted by Crippen LogP contribution is -2.44. The van der Waals surface area contributed by atoms with E-state index < -0.39 is 5.60 Å². The van der Waals surface area contributed by atoms with Gasteiger partial charge in [-0.3, -0.25) is 0 Å². The van der Waals surface area contributed by atoms with Crippen molar-refractivity contribution in [1.82, 2.24) is 10.6 Å². The molecule has 2 N–H and O–H groups in total. The molecule has 0 aliphatic heterocycles. The fourth-order valence-corrected chi connectivity index (χ4v) is 1.62. The number of carbonyl (C=O) groups is 1. The summed E-state index contributed by atoms with van der Waals surface area (Å²) in [6.07, 6.45) is 2.04. The second-order valence-corrected chi connectivity index (χ2v) is 6.83. The van der Waals surface area contributed by atoms with Crippen LogP contribution >= 0.6 is 0 Å². The first-order valence-electron chi connectivity index (χ1n) is 7.33. The van der Waals surface area contributed by atoms with Crippen molar-refractivity contribution in [3.63, 3.8) is 0 Å². The zero-order valence-corrected chi connectivity index (χ0v) is 13.7. The van der Waals surface area contributed by atoms with Crippen molar-refractivity contribution >= 4 is 6.09 Å². The van der Waals surface area contributed by atoms with Crippen LogP contribution in [-0.4, -0.2) is 30.3 Å². The molecule has 1 amide bonds. The Hall–Kier alpha value is -0.770. The van der Waals surface area contributed by atoms with Crippen molar-refractivity contribution in [3.05, 3.63) is 0 Å². The topological polar surface area (TPSA) is 50.4 Å². The molecule has 0 aromatic heterocycles. The Morgan fingerprint density at radius 3 is 2.11 bits per heavy atom. The molecule has 2 atom stereocenters. The van der Waals surface area contributed by atoms with Crippen LogP contribution in [0.5, 0.6) is 0 Å². The lowest BCUT2D eigenvalue weighted by atomic mass is 10.0. The standard InChI is InChI=1S/C15H32N2O2/c1-11(2)8-9-12(3)16-10-13(4)17-14(18)19-15(5,6)7/h11-13,16H,8-10H2,1-7H3,(H,17,18). The molecule has 0 aliphatic carbocycles. The fraction of sp³-hybridized carbons (Fsp3) is 0.933. The number of amides is 1. The van der Waals surface area contributed by atoms with E-state index in [0.29, 0.717) is 6.04 Å². The number of ether oxygens (including phenoxy) is 1. The number of rotatable bonds is 7. The third-order valence-electron chi connectivity index (χ3n) is 2.71. The number of nitrogens with one attached hydrogen (secondary N) is 2. The molecule has 0 aliphatic rings. The van der Waals surface area contributed by atoms with Gasteiger partial charge >= 0.3 is 6.09 Å².